The van der Waals surface area contributed by atoms with Crippen molar-refractivity contribution in [3.8, 4) is 0 Å². The lowest BCUT2D eigenvalue weighted by Crippen LogP contribution is -2.33. The molecule has 0 saturated heterocycles. The molecule has 3 aromatic rings. The standard InChI is InChI=1S/C20H19N3/c1-16-9-8-10-17(15-16)22-20(21)23(18-11-4-2-5-12-18)19-13-6-3-7-14-19/h2-15H,1H3,(H2,21,22). The summed E-state index contributed by atoms with van der Waals surface area (Å²) < 4.78 is 0. The highest BCUT2D eigenvalue weighted by Gasteiger charge is 2.13. The lowest BCUT2D eigenvalue weighted by Gasteiger charge is -2.23. The molecular weight excluding hydrogens is 282 g/mol. The molecule has 0 unspecified atom stereocenters. The van der Waals surface area contributed by atoms with E-state index in [1.165, 1.54) is 0 Å². The molecule has 0 aliphatic rings. The highest BCUT2D eigenvalue weighted by Crippen LogP contribution is 2.25. The molecule has 3 heteroatoms. The minimum absolute atomic E-state index is 0.438. The first-order valence-corrected chi connectivity index (χ1v) is 7.55. The average molecular weight is 301 g/mol. The molecule has 0 aromatic heterocycles. The van der Waals surface area contributed by atoms with E-state index in [1.807, 2.05) is 96.8 Å². The van der Waals surface area contributed by atoms with Gasteiger partial charge in [-0.3, -0.25) is 4.90 Å². The summed E-state index contributed by atoms with van der Waals surface area (Å²) in [6, 6.07) is 28.0. The highest BCUT2D eigenvalue weighted by molar-refractivity contribution is 6.02. The summed E-state index contributed by atoms with van der Waals surface area (Å²) in [7, 11) is 0. The van der Waals surface area contributed by atoms with E-state index < -0.39 is 0 Å². The number of anilines is 2. The quantitative estimate of drug-likeness (QED) is 0.559. The number of benzene rings is 3. The Labute approximate surface area is 136 Å². The third kappa shape index (κ3) is 3.58. The molecule has 0 aliphatic carbocycles. The summed E-state index contributed by atoms with van der Waals surface area (Å²) >= 11 is 0. The number of nitrogens with zero attached hydrogens (tertiary/aromatic N) is 2. The third-order valence-electron chi connectivity index (χ3n) is 3.50. The van der Waals surface area contributed by atoms with Crippen LogP contribution in [-0.2, 0) is 0 Å². The summed E-state index contributed by atoms with van der Waals surface area (Å²) in [6.07, 6.45) is 0. The fourth-order valence-electron chi connectivity index (χ4n) is 2.45. The molecule has 2 N–H and O–H groups in total. The van der Waals surface area contributed by atoms with Gasteiger partial charge in [-0.25, -0.2) is 4.99 Å². The van der Waals surface area contributed by atoms with Crippen molar-refractivity contribution in [1.82, 2.24) is 0 Å². The Kier molecular flexibility index (Phi) is 4.39. The van der Waals surface area contributed by atoms with Crippen molar-refractivity contribution in [2.45, 2.75) is 6.92 Å². The van der Waals surface area contributed by atoms with Gasteiger partial charge in [-0.05, 0) is 48.9 Å². The van der Waals surface area contributed by atoms with E-state index in [4.69, 9.17) is 5.73 Å². The summed E-state index contributed by atoms with van der Waals surface area (Å²) in [4.78, 5) is 6.54. The van der Waals surface area contributed by atoms with Crippen molar-refractivity contribution in [1.29, 1.82) is 0 Å². The van der Waals surface area contributed by atoms with Crippen LogP contribution >= 0.6 is 0 Å². The minimum Gasteiger partial charge on any atom is -0.369 e. The van der Waals surface area contributed by atoms with Crippen molar-refractivity contribution in [3.05, 3.63) is 90.5 Å². The predicted octanol–water partition coefficient (Wildman–Crippen LogP) is 4.78. The number of hydrogen-bond acceptors (Lipinski definition) is 1. The van der Waals surface area contributed by atoms with Gasteiger partial charge in [0.1, 0.15) is 0 Å². The van der Waals surface area contributed by atoms with Crippen LogP contribution in [0.2, 0.25) is 0 Å². The fourth-order valence-corrected chi connectivity index (χ4v) is 2.45. The summed E-state index contributed by atoms with van der Waals surface area (Å²) in [5, 5.41) is 0. The van der Waals surface area contributed by atoms with Crippen LogP contribution in [0.4, 0.5) is 17.1 Å². The van der Waals surface area contributed by atoms with E-state index in [0.29, 0.717) is 5.96 Å². The van der Waals surface area contributed by atoms with Crippen molar-refractivity contribution in [2.75, 3.05) is 4.90 Å². The Morgan fingerprint density at radius 1 is 0.783 bits per heavy atom. The van der Waals surface area contributed by atoms with E-state index in [9.17, 15) is 0 Å². The van der Waals surface area contributed by atoms with Crippen LogP contribution in [0.15, 0.2) is 89.9 Å². The Morgan fingerprint density at radius 3 is 1.87 bits per heavy atom. The molecule has 0 amide bonds. The maximum atomic E-state index is 6.34. The van der Waals surface area contributed by atoms with Gasteiger partial charge in [0.05, 0.1) is 5.69 Å². The predicted molar refractivity (Wildman–Crippen MR) is 97.5 cm³/mol. The Hall–Kier alpha value is -3.07. The second-order valence-corrected chi connectivity index (χ2v) is 5.32. The lowest BCUT2D eigenvalue weighted by atomic mass is 10.2. The van der Waals surface area contributed by atoms with Gasteiger partial charge in [0.15, 0.2) is 0 Å². The normalized spacial score (nSPS) is 11.3. The first-order chi connectivity index (χ1) is 11.2. The maximum Gasteiger partial charge on any atom is 0.205 e. The Morgan fingerprint density at radius 2 is 1.35 bits per heavy atom. The summed E-state index contributed by atoms with van der Waals surface area (Å²) in [6.45, 7) is 2.04. The van der Waals surface area contributed by atoms with Gasteiger partial charge in [-0.1, -0.05) is 48.5 Å². The maximum absolute atomic E-state index is 6.34. The molecule has 3 aromatic carbocycles. The number of hydrogen-bond donors (Lipinski definition) is 1. The van der Waals surface area contributed by atoms with Gasteiger partial charge in [0.2, 0.25) is 5.96 Å². The Balaban J connectivity index is 2.05. The highest BCUT2D eigenvalue weighted by atomic mass is 15.3. The van der Waals surface area contributed by atoms with Gasteiger partial charge in [-0.15, -0.1) is 0 Å². The van der Waals surface area contributed by atoms with Crippen molar-refractivity contribution < 1.29 is 0 Å². The van der Waals surface area contributed by atoms with E-state index >= 15 is 0 Å². The molecule has 0 radical (unpaired) electrons. The van der Waals surface area contributed by atoms with Gasteiger partial charge >= 0.3 is 0 Å². The second kappa shape index (κ2) is 6.79. The molecule has 0 bridgehead atoms. The van der Waals surface area contributed by atoms with Crippen molar-refractivity contribution in [2.24, 2.45) is 10.7 Å². The Bertz CT molecular complexity index is 756. The van der Waals surface area contributed by atoms with Crippen LogP contribution in [0.3, 0.4) is 0 Å². The van der Waals surface area contributed by atoms with Crippen molar-refractivity contribution >= 4 is 23.0 Å². The summed E-state index contributed by atoms with van der Waals surface area (Å²) in [5.74, 6) is 0.438. The molecule has 23 heavy (non-hydrogen) atoms. The number of nitrogens with two attached hydrogens (primary N) is 1. The van der Waals surface area contributed by atoms with E-state index in [1.54, 1.807) is 0 Å². The fraction of sp³-hybridized carbons (Fsp3) is 0.0500. The topological polar surface area (TPSA) is 41.6 Å². The SMILES string of the molecule is Cc1cccc(N=C(N)N(c2ccccc2)c2ccccc2)c1. The number of aliphatic imine (C=N–C) groups is 1. The molecule has 0 saturated carbocycles. The van der Waals surface area contributed by atoms with Crippen LogP contribution < -0.4 is 10.6 Å². The van der Waals surface area contributed by atoms with E-state index in [0.717, 1.165) is 22.6 Å². The number of para-hydroxylation sites is 2. The lowest BCUT2D eigenvalue weighted by molar-refractivity contribution is 1.28. The van der Waals surface area contributed by atoms with Crippen LogP contribution in [0.25, 0.3) is 0 Å². The van der Waals surface area contributed by atoms with E-state index in [-0.39, 0.29) is 0 Å². The van der Waals surface area contributed by atoms with Gasteiger partial charge in [0, 0.05) is 11.4 Å². The average Bonchev–Trinajstić information content (AvgIpc) is 2.57. The van der Waals surface area contributed by atoms with Gasteiger partial charge < -0.3 is 5.73 Å². The van der Waals surface area contributed by atoms with Gasteiger partial charge in [-0.2, -0.15) is 0 Å². The van der Waals surface area contributed by atoms with Crippen LogP contribution in [0.5, 0.6) is 0 Å². The van der Waals surface area contributed by atoms with Crippen LogP contribution in [-0.4, -0.2) is 5.96 Å². The molecule has 114 valence electrons. The van der Waals surface area contributed by atoms with Crippen molar-refractivity contribution in [3.63, 3.8) is 0 Å². The second-order valence-electron chi connectivity index (χ2n) is 5.32. The van der Waals surface area contributed by atoms with Crippen LogP contribution in [0, 0.1) is 6.92 Å². The zero-order valence-corrected chi connectivity index (χ0v) is 13.1. The first kappa shape index (κ1) is 14.9. The monoisotopic (exact) mass is 301 g/mol. The molecule has 0 aliphatic heterocycles. The van der Waals surface area contributed by atoms with E-state index in [2.05, 4.69) is 4.99 Å². The smallest absolute Gasteiger partial charge is 0.205 e. The molecule has 0 heterocycles. The molecular formula is C20H19N3. The largest absolute Gasteiger partial charge is 0.369 e. The number of rotatable bonds is 3. The molecule has 0 atom stereocenters. The molecule has 3 rings (SSSR count). The first-order valence-electron chi connectivity index (χ1n) is 7.55. The molecule has 0 fully saturated rings. The number of aryl methyl sites for hydroxylation is 1. The third-order valence-corrected chi connectivity index (χ3v) is 3.50. The molecule has 0 spiro atoms. The summed E-state index contributed by atoms with van der Waals surface area (Å²) in [5.41, 5.74) is 10.3. The zero-order chi connectivity index (χ0) is 16.1. The molecule has 3 nitrogen and oxygen atoms in total. The van der Waals surface area contributed by atoms with Gasteiger partial charge in [0.25, 0.3) is 0 Å². The number of guanidine groups is 1. The minimum atomic E-state index is 0.438. The zero-order valence-electron chi connectivity index (χ0n) is 13.1. The van der Waals surface area contributed by atoms with Crippen LogP contribution in [0.1, 0.15) is 5.56 Å².